The van der Waals surface area contributed by atoms with Crippen LogP contribution in [0.5, 0.6) is 0 Å². The molecule has 1 heterocycles. The third-order valence-corrected chi connectivity index (χ3v) is 3.74. The van der Waals surface area contributed by atoms with E-state index in [0.29, 0.717) is 18.2 Å². The molecule has 124 valence electrons. The number of H-pyrrole nitrogens is 1. The van der Waals surface area contributed by atoms with Gasteiger partial charge in [-0.2, -0.15) is 0 Å². The van der Waals surface area contributed by atoms with Crippen LogP contribution in [0, 0.1) is 11.8 Å². The zero-order valence-corrected chi connectivity index (χ0v) is 14.0. The van der Waals surface area contributed by atoms with Gasteiger partial charge in [-0.25, -0.2) is 4.98 Å². The van der Waals surface area contributed by atoms with Gasteiger partial charge < -0.3 is 15.4 Å². The summed E-state index contributed by atoms with van der Waals surface area (Å²) in [5, 5.41) is 12.4. The minimum absolute atomic E-state index is 0.157. The number of carbonyl (C=O) groups excluding carboxylic acids is 1. The quantitative estimate of drug-likeness (QED) is 0.734. The van der Waals surface area contributed by atoms with E-state index in [1.807, 2.05) is 51.1 Å². The third kappa shape index (κ3) is 4.42. The van der Waals surface area contributed by atoms with Crippen LogP contribution in [0.4, 0.5) is 5.82 Å². The van der Waals surface area contributed by atoms with Crippen molar-refractivity contribution in [2.75, 3.05) is 11.9 Å². The molecular formula is C18H25N3O2. The maximum Gasteiger partial charge on any atom is 0.231 e. The van der Waals surface area contributed by atoms with Crippen molar-refractivity contribution in [3.63, 3.8) is 0 Å². The van der Waals surface area contributed by atoms with E-state index in [9.17, 15) is 9.90 Å². The molecule has 1 aromatic carbocycles. The molecule has 1 amide bonds. The van der Waals surface area contributed by atoms with E-state index in [2.05, 4.69) is 15.3 Å². The van der Waals surface area contributed by atoms with E-state index in [1.54, 1.807) is 0 Å². The first-order valence-corrected chi connectivity index (χ1v) is 8.11. The highest BCUT2D eigenvalue weighted by Gasteiger charge is 2.21. The number of rotatable bonds is 7. The van der Waals surface area contributed by atoms with Gasteiger partial charge in [0.15, 0.2) is 5.82 Å². The molecule has 0 radical (unpaired) electrons. The van der Waals surface area contributed by atoms with E-state index in [-0.39, 0.29) is 12.5 Å². The summed E-state index contributed by atoms with van der Waals surface area (Å²) in [6, 6.07) is 9.79. The Morgan fingerprint density at radius 2 is 2.00 bits per heavy atom. The number of aryl methyl sites for hydroxylation is 1. The van der Waals surface area contributed by atoms with E-state index in [0.717, 1.165) is 23.5 Å². The summed E-state index contributed by atoms with van der Waals surface area (Å²) in [6.45, 7) is 5.92. The van der Waals surface area contributed by atoms with Crippen LogP contribution < -0.4 is 5.32 Å². The molecule has 0 fully saturated rings. The minimum atomic E-state index is -0.416. The molecule has 3 N–H and O–H groups in total. The zero-order valence-electron chi connectivity index (χ0n) is 14.0. The zero-order chi connectivity index (χ0) is 16.8. The van der Waals surface area contributed by atoms with Crippen molar-refractivity contribution >= 4 is 11.7 Å². The van der Waals surface area contributed by atoms with Crippen LogP contribution in [0.2, 0.25) is 0 Å². The number of nitrogens with zero attached hydrogens (tertiary/aromatic N) is 1. The SMILES string of the molecule is CCc1nc(NC(=O)C(CO)CC(C)C)c(-c2ccccc2)[nH]1. The van der Waals surface area contributed by atoms with E-state index in [4.69, 9.17) is 0 Å². The highest BCUT2D eigenvalue weighted by molar-refractivity contribution is 5.95. The van der Waals surface area contributed by atoms with Gasteiger partial charge >= 0.3 is 0 Å². The topological polar surface area (TPSA) is 78.0 Å². The van der Waals surface area contributed by atoms with Gasteiger partial charge in [-0.15, -0.1) is 0 Å². The van der Waals surface area contributed by atoms with Crippen molar-refractivity contribution in [3.05, 3.63) is 36.2 Å². The lowest BCUT2D eigenvalue weighted by molar-refractivity contribution is -0.121. The summed E-state index contributed by atoms with van der Waals surface area (Å²) in [4.78, 5) is 20.2. The summed E-state index contributed by atoms with van der Waals surface area (Å²) in [5.74, 6) is 1.09. The molecule has 0 spiro atoms. The van der Waals surface area contributed by atoms with Gasteiger partial charge in [0.25, 0.3) is 0 Å². The number of aromatic amines is 1. The maximum absolute atomic E-state index is 12.4. The Morgan fingerprint density at radius 1 is 1.30 bits per heavy atom. The van der Waals surface area contributed by atoms with Gasteiger partial charge in [-0.05, 0) is 12.3 Å². The van der Waals surface area contributed by atoms with E-state index in [1.165, 1.54) is 0 Å². The predicted molar refractivity (Wildman–Crippen MR) is 92.1 cm³/mol. The van der Waals surface area contributed by atoms with Gasteiger partial charge in [0.05, 0.1) is 18.2 Å². The van der Waals surface area contributed by atoms with Crippen molar-refractivity contribution in [2.45, 2.75) is 33.6 Å². The number of aromatic nitrogens is 2. The second kappa shape index (κ2) is 7.92. The molecule has 23 heavy (non-hydrogen) atoms. The van der Waals surface area contributed by atoms with Gasteiger partial charge in [0, 0.05) is 12.0 Å². The Hall–Kier alpha value is -2.14. The number of hydrogen-bond donors (Lipinski definition) is 3. The summed E-state index contributed by atoms with van der Waals surface area (Å²) < 4.78 is 0. The number of aliphatic hydroxyl groups excluding tert-OH is 1. The van der Waals surface area contributed by atoms with Crippen LogP contribution >= 0.6 is 0 Å². The standard InChI is InChI=1S/C18H25N3O2/c1-4-15-19-16(13-8-6-5-7-9-13)17(20-15)21-18(23)14(11-22)10-12(2)3/h5-9,12,14,22H,4,10-11H2,1-3H3,(H,19,20)(H,21,23). The average molecular weight is 315 g/mol. The molecule has 0 aliphatic carbocycles. The molecule has 2 aromatic rings. The van der Waals surface area contributed by atoms with E-state index >= 15 is 0 Å². The van der Waals surface area contributed by atoms with E-state index < -0.39 is 5.92 Å². The fourth-order valence-electron chi connectivity index (χ4n) is 2.55. The van der Waals surface area contributed by atoms with Gasteiger partial charge in [0.2, 0.25) is 5.91 Å². The number of anilines is 1. The molecule has 1 aromatic heterocycles. The van der Waals surface area contributed by atoms with Crippen LogP contribution in [-0.4, -0.2) is 27.6 Å². The lowest BCUT2D eigenvalue weighted by Gasteiger charge is -2.16. The first-order chi connectivity index (χ1) is 11.0. The second-order valence-electron chi connectivity index (χ2n) is 6.12. The first kappa shape index (κ1) is 17.2. The molecule has 0 saturated heterocycles. The number of amides is 1. The Kier molecular flexibility index (Phi) is 5.93. The number of hydrogen-bond acceptors (Lipinski definition) is 3. The van der Waals surface area contributed by atoms with Crippen LogP contribution in [-0.2, 0) is 11.2 Å². The lowest BCUT2D eigenvalue weighted by atomic mass is 9.97. The Bertz CT molecular complexity index is 635. The molecule has 1 atom stereocenters. The van der Waals surface area contributed by atoms with Crippen molar-refractivity contribution in [1.82, 2.24) is 9.97 Å². The number of aliphatic hydroxyl groups is 1. The van der Waals surface area contributed by atoms with Gasteiger partial charge in [-0.1, -0.05) is 51.1 Å². The normalized spacial score (nSPS) is 12.4. The smallest absolute Gasteiger partial charge is 0.231 e. The fraction of sp³-hybridized carbons (Fsp3) is 0.444. The van der Waals surface area contributed by atoms with Crippen LogP contribution in [0.25, 0.3) is 11.3 Å². The van der Waals surface area contributed by atoms with Crippen molar-refractivity contribution in [1.29, 1.82) is 0 Å². The van der Waals surface area contributed by atoms with Crippen LogP contribution in [0.3, 0.4) is 0 Å². The highest BCUT2D eigenvalue weighted by Crippen LogP contribution is 2.26. The molecule has 0 aliphatic heterocycles. The Labute approximate surface area is 137 Å². The molecule has 5 nitrogen and oxygen atoms in total. The fourth-order valence-corrected chi connectivity index (χ4v) is 2.55. The van der Waals surface area contributed by atoms with Crippen molar-refractivity contribution < 1.29 is 9.90 Å². The minimum Gasteiger partial charge on any atom is -0.396 e. The predicted octanol–water partition coefficient (Wildman–Crippen LogP) is 3.23. The molecule has 5 heteroatoms. The average Bonchev–Trinajstić information content (AvgIpc) is 2.96. The van der Waals surface area contributed by atoms with Crippen molar-refractivity contribution in [2.24, 2.45) is 11.8 Å². The van der Waals surface area contributed by atoms with Crippen LogP contribution in [0.1, 0.15) is 33.0 Å². The largest absolute Gasteiger partial charge is 0.396 e. The number of imidazole rings is 1. The molecule has 0 saturated carbocycles. The Balaban J connectivity index is 2.25. The Morgan fingerprint density at radius 3 is 2.57 bits per heavy atom. The number of benzene rings is 1. The van der Waals surface area contributed by atoms with Gasteiger partial charge in [-0.3, -0.25) is 4.79 Å². The number of nitrogens with one attached hydrogen (secondary N) is 2. The van der Waals surface area contributed by atoms with Crippen LogP contribution in [0.15, 0.2) is 30.3 Å². The highest BCUT2D eigenvalue weighted by atomic mass is 16.3. The lowest BCUT2D eigenvalue weighted by Crippen LogP contribution is -2.27. The monoisotopic (exact) mass is 315 g/mol. The summed E-state index contributed by atoms with van der Waals surface area (Å²) in [7, 11) is 0. The summed E-state index contributed by atoms with van der Waals surface area (Å²) >= 11 is 0. The maximum atomic E-state index is 12.4. The summed E-state index contributed by atoms with van der Waals surface area (Å²) in [6.07, 6.45) is 1.40. The molecule has 0 aliphatic rings. The molecule has 0 bridgehead atoms. The molecular weight excluding hydrogens is 290 g/mol. The molecule has 2 rings (SSSR count). The first-order valence-electron chi connectivity index (χ1n) is 8.11. The summed E-state index contributed by atoms with van der Waals surface area (Å²) in [5.41, 5.74) is 1.77. The van der Waals surface area contributed by atoms with Gasteiger partial charge in [0.1, 0.15) is 5.82 Å². The van der Waals surface area contributed by atoms with Crippen molar-refractivity contribution in [3.8, 4) is 11.3 Å². The molecule has 1 unspecified atom stereocenters. The number of carbonyl (C=O) groups is 1. The third-order valence-electron chi connectivity index (χ3n) is 3.74. The second-order valence-corrected chi connectivity index (χ2v) is 6.12.